The van der Waals surface area contributed by atoms with Gasteiger partial charge in [-0.05, 0) is 177 Å². The molecule has 0 saturated heterocycles. The van der Waals surface area contributed by atoms with Gasteiger partial charge >= 0.3 is 6.85 Å². The van der Waals surface area contributed by atoms with Gasteiger partial charge < -0.3 is 14.6 Å². The molecule has 0 fully saturated rings. The molecule has 0 aromatic heterocycles. The van der Waals surface area contributed by atoms with Gasteiger partial charge in [-0.15, -0.1) is 0 Å². The van der Waals surface area contributed by atoms with Gasteiger partial charge in [0, 0.05) is 51.1 Å². The van der Waals surface area contributed by atoms with E-state index >= 15 is 0 Å². The Hall–Kier alpha value is -8.34. The highest BCUT2D eigenvalue weighted by Gasteiger charge is 2.56. The smallest absolute Gasteiger partial charge is 0.333 e. The van der Waals surface area contributed by atoms with E-state index in [9.17, 15) is 0 Å². The summed E-state index contributed by atoms with van der Waals surface area (Å²) in [5.41, 5.74) is 31.0. The van der Waals surface area contributed by atoms with Crippen LogP contribution in [0.1, 0.15) is 70.8 Å². The fraction of sp³-hybridized carbons (Fsp3) is 0.130. The van der Waals surface area contributed by atoms with Crippen molar-refractivity contribution in [1.82, 2.24) is 0 Å². The number of rotatable bonds is 5. The molecule has 4 heteroatoms. The lowest BCUT2D eigenvalue weighted by Gasteiger charge is -2.52. The second-order valence-electron chi connectivity index (χ2n) is 21.9. The third-order valence-corrected chi connectivity index (χ3v) is 16.5. The largest absolute Gasteiger partial charge is 0.376 e. The molecule has 0 amide bonds. The summed E-state index contributed by atoms with van der Waals surface area (Å²) in [6.07, 6.45) is 0. The maximum atomic E-state index is 2.75. The number of fused-ring (bicyclic) bond motifs is 13. The molecular weight excluding hydrogens is 882 g/mol. The Kier molecular flexibility index (Phi) is 9.42. The first-order chi connectivity index (χ1) is 35.5. The highest BCUT2D eigenvalue weighted by atomic mass is 15.2. The predicted molar refractivity (Wildman–Crippen MR) is 309 cm³/mol. The van der Waals surface area contributed by atoms with E-state index in [-0.39, 0.29) is 12.3 Å². The molecule has 4 aliphatic rings. The van der Waals surface area contributed by atoms with Crippen LogP contribution >= 0.6 is 0 Å². The molecule has 73 heavy (non-hydrogen) atoms. The summed E-state index contributed by atoms with van der Waals surface area (Å²) < 4.78 is 0. The van der Waals surface area contributed by atoms with E-state index in [1.165, 1.54) is 123 Å². The van der Waals surface area contributed by atoms with Gasteiger partial charge in [0.2, 0.25) is 0 Å². The van der Waals surface area contributed by atoms with E-state index < -0.39 is 5.41 Å². The minimum Gasteiger partial charge on any atom is -0.376 e. The minimum atomic E-state index is -0.529. The molecule has 3 aliphatic heterocycles. The average molecular weight is 938 g/mol. The molecule has 0 saturated carbocycles. The summed E-state index contributed by atoms with van der Waals surface area (Å²) in [5.74, 6) is 0. The van der Waals surface area contributed by atoms with Crippen molar-refractivity contribution in [1.29, 1.82) is 0 Å². The van der Waals surface area contributed by atoms with Crippen LogP contribution in [0.25, 0.3) is 33.4 Å². The van der Waals surface area contributed by atoms with Crippen molar-refractivity contribution in [3.63, 3.8) is 0 Å². The molecule has 10 aromatic carbocycles. The second-order valence-corrected chi connectivity index (χ2v) is 21.9. The van der Waals surface area contributed by atoms with E-state index in [1.54, 1.807) is 0 Å². The molecule has 10 aromatic rings. The number of aryl methyl sites for hydroxylation is 4. The summed E-state index contributed by atoms with van der Waals surface area (Å²) in [7, 11) is 0. The number of benzene rings is 10. The van der Waals surface area contributed by atoms with Crippen molar-refractivity contribution in [2.24, 2.45) is 0 Å². The fourth-order valence-corrected chi connectivity index (χ4v) is 13.7. The van der Waals surface area contributed by atoms with Gasteiger partial charge in [-0.1, -0.05) is 178 Å². The highest BCUT2D eigenvalue weighted by Crippen LogP contribution is 2.65. The fourth-order valence-electron chi connectivity index (χ4n) is 13.7. The summed E-state index contributed by atoms with van der Waals surface area (Å²) in [6, 6.07) is 80.8. The summed E-state index contributed by atoms with van der Waals surface area (Å²) >= 11 is 0. The number of anilines is 8. The Morgan fingerprint density at radius 1 is 0.425 bits per heavy atom. The van der Waals surface area contributed by atoms with Crippen molar-refractivity contribution < 1.29 is 0 Å². The van der Waals surface area contributed by atoms with Crippen LogP contribution in [0.15, 0.2) is 212 Å². The van der Waals surface area contributed by atoms with Crippen LogP contribution in [0, 0.1) is 27.7 Å². The van der Waals surface area contributed by atoms with Gasteiger partial charge in [-0.2, -0.15) is 0 Å². The summed E-state index contributed by atoms with van der Waals surface area (Å²) in [4.78, 5) is 7.79. The third kappa shape index (κ3) is 6.13. The molecule has 3 nitrogen and oxygen atoms in total. The molecular formula is C69H56BN3. The first-order valence-corrected chi connectivity index (χ1v) is 26.0. The van der Waals surface area contributed by atoms with Crippen molar-refractivity contribution in [3.8, 4) is 33.4 Å². The lowest BCUT2D eigenvalue weighted by atomic mass is 9.42. The Bertz CT molecular complexity index is 3810. The van der Waals surface area contributed by atoms with Gasteiger partial charge in [-0.3, -0.25) is 0 Å². The maximum Gasteiger partial charge on any atom is 0.333 e. The van der Waals surface area contributed by atoms with Crippen molar-refractivity contribution in [2.75, 3.05) is 14.6 Å². The molecule has 350 valence electrons. The summed E-state index contributed by atoms with van der Waals surface area (Å²) in [5, 5.41) is 0. The zero-order chi connectivity index (χ0) is 49.5. The highest BCUT2D eigenvalue weighted by molar-refractivity contribution is 6.93. The van der Waals surface area contributed by atoms with Gasteiger partial charge in [0.05, 0.1) is 5.41 Å². The van der Waals surface area contributed by atoms with Crippen LogP contribution in [0.2, 0.25) is 0 Å². The molecule has 0 bridgehead atoms. The molecule has 0 radical (unpaired) electrons. The van der Waals surface area contributed by atoms with Crippen molar-refractivity contribution >= 4 is 63.3 Å². The standard InChI is InChI=1S/C69H56BN3/c1-43-37-45(3)65(46(4)38-43)47-40-55-54-27-20-31-59-67(54)73(62-32-19-18-30-58(62)69(59)56-28-16-14-25-52(56)53-26-15-17-29-57(53)69)70-60-35-34-51(71(49-21-10-8-11-22-49)50-23-12-9-13-24-50)42-63(60)72(64(41-47)66(55)70)61-36-33-48(39-44(61)2)68(5,6)7/h8-42H,1-7H3. The quantitative estimate of drug-likeness (QED) is 0.159. The van der Waals surface area contributed by atoms with Crippen molar-refractivity contribution in [3.05, 3.63) is 262 Å². The van der Waals surface area contributed by atoms with Crippen LogP contribution in [-0.4, -0.2) is 6.85 Å². The van der Waals surface area contributed by atoms with E-state index in [2.05, 4.69) is 275 Å². The molecule has 0 unspecified atom stereocenters. The van der Waals surface area contributed by atoms with E-state index in [4.69, 9.17) is 0 Å². The monoisotopic (exact) mass is 937 g/mol. The third-order valence-electron chi connectivity index (χ3n) is 16.5. The average Bonchev–Trinajstić information content (AvgIpc) is 3.69. The number of nitrogens with zero attached hydrogens (tertiary/aromatic N) is 3. The van der Waals surface area contributed by atoms with E-state index in [1.807, 2.05) is 0 Å². The summed E-state index contributed by atoms with van der Waals surface area (Å²) in [6.45, 7) is 15.9. The van der Waals surface area contributed by atoms with Gasteiger partial charge in [0.1, 0.15) is 0 Å². The molecule has 1 spiro atoms. The molecule has 3 heterocycles. The Morgan fingerprint density at radius 3 is 1.66 bits per heavy atom. The molecule has 14 rings (SSSR count). The van der Waals surface area contributed by atoms with Crippen LogP contribution in [0.3, 0.4) is 0 Å². The van der Waals surface area contributed by atoms with Crippen LogP contribution in [0.5, 0.6) is 0 Å². The van der Waals surface area contributed by atoms with Crippen LogP contribution < -0.4 is 25.5 Å². The topological polar surface area (TPSA) is 9.72 Å². The predicted octanol–water partition coefficient (Wildman–Crippen LogP) is 16.7. The lowest BCUT2D eigenvalue weighted by molar-refractivity contribution is 0.590. The molecule has 0 atom stereocenters. The lowest BCUT2D eigenvalue weighted by Crippen LogP contribution is -2.63. The molecule has 1 aliphatic carbocycles. The normalized spacial score (nSPS) is 14.0. The number of para-hydroxylation sites is 4. The van der Waals surface area contributed by atoms with Crippen LogP contribution in [0.4, 0.5) is 45.5 Å². The van der Waals surface area contributed by atoms with Gasteiger partial charge in [-0.25, -0.2) is 0 Å². The zero-order valence-electron chi connectivity index (χ0n) is 42.6. The first-order valence-electron chi connectivity index (χ1n) is 26.0. The second kappa shape index (κ2) is 15.8. The maximum absolute atomic E-state index is 2.75. The zero-order valence-corrected chi connectivity index (χ0v) is 42.6. The van der Waals surface area contributed by atoms with E-state index in [0.717, 1.165) is 17.1 Å². The Morgan fingerprint density at radius 2 is 1.01 bits per heavy atom. The first kappa shape index (κ1) is 43.5. The minimum absolute atomic E-state index is 0.00637. The van der Waals surface area contributed by atoms with Gasteiger partial charge in [0.25, 0.3) is 0 Å². The SMILES string of the molecule is Cc1cc(C)c(-c2cc3c4c(c2)N(c2ccc(C(C)(C)C)cc2C)c2cc(N(c5ccccc5)c5ccccc5)ccc2B4N2c4ccccc4C4(c5ccccc5-c5ccccc54)c4cccc-3c42)c(C)c1. The number of hydrogen-bond donors (Lipinski definition) is 0. The van der Waals surface area contributed by atoms with Crippen molar-refractivity contribution in [2.45, 2.75) is 59.3 Å². The van der Waals surface area contributed by atoms with Gasteiger partial charge in [0.15, 0.2) is 0 Å². The Labute approximate surface area is 430 Å². The molecule has 0 N–H and O–H groups in total. The van der Waals surface area contributed by atoms with E-state index in [0.29, 0.717) is 0 Å². The Balaban J connectivity index is 1.13. The number of hydrogen-bond acceptors (Lipinski definition) is 3. The van der Waals surface area contributed by atoms with Crippen LogP contribution in [-0.2, 0) is 10.8 Å².